The van der Waals surface area contributed by atoms with E-state index in [-0.39, 0.29) is 11.9 Å². The van der Waals surface area contributed by atoms with Crippen LogP contribution in [0.3, 0.4) is 0 Å². The molecule has 2 aromatic rings. The number of benzene rings is 1. The Hall–Kier alpha value is -1.77. The number of hydrogen-bond donors (Lipinski definition) is 1. The summed E-state index contributed by atoms with van der Waals surface area (Å²) in [7, 11) is 0. The van der Waals surface area contributed by atoms with Gasteiger partial charge in [0.05, 0.1) is 0 Å². The standard InChI is InChI=1S/C13H15NO2/c1-9(14-10(2)15)7-12-8-11-5-3-4-6-13(11)16-12/h3-6,8-9H,7H2,1-2H3,(H,14,15)/t9-/m1/s1. The first-order valence-corrected chi connectivity index (χ1v) is 5.39. The molecule has 16 heavy (non-hydrogen) atoms. The highest BCUT2D eigenvalue weighted by atomic mass is 16.3. The van der Waals surface area contributed by atoms with Crippen LogP contribution in [0.25, 0.3) is 11.0 Å². The molecule has 84 valence electrons. The Labute approximate surface area is 94.4 Å². The van der Waals surface area contributed by atoms with E-state index in [1.165, 1.54) is 6.92 Å². The molecule has 1 atom stereocenters. The van der Waals surface area contributed by atoms with Crippen molar-refractivity contribution in [2.75, 3.05) is 0 Å². The Morgan fingerprint density at radius 3 is 2.88 bits per heavy atom. The van der Waals surface area contributed by atoms with Gasteiger partial charge in [-0.25, -0.2) is 0 Å². The van der Waals surface area contributed by atoms with Crippen LogP contribution in [0.5, 0.6) is 0 Å². The molecule has 3 heteroatoms. The molecule has 0 aliphatic carbocycles. The van der Waals surface area contributed by atoms with E-state index in [0.29, 0.717) is 6.42 Å². The van der Waals surface area contributed by atoms with Gasteiger partial charge in [0.2, 0.25) is 5.91 Å². The average molecular weight is 217 g/mol. The number of amides is 1. The van der Waals surface area contributed by atoms with Gasteiger partial charge < -0.3 is 9.73 Å². The third-order valence-electron chi connectivity index (χ3n) is 2.43. The zero-order valence-electron chi connectivity index (χ0n) is 9.49. The minimum atomic E-state index is -0.0105. The van der Waals surface area contributed by atoms with Gasteiger partial charge in [0.15, 0.2) is 0 Å². The summed E-state index contributed by atoms with van der Waals surface area (Å²) < 4.78 is 5.67. The number of para-hydroxylation sites is 1. The normalized spacial score (nSPS) is 12.6. The van der Waals surface area contributed by atoms with Crippen molar-refractivity contribution in [2.24, 2.45) is 0 Å². The van der Waals surface area contributed by atoms with Gasteiger partial charge >= 0.3 is 0 Å². The van der Waals surface area contributed by atoms with E-state index in [4.69, 9.17) is 4.42 Å². The lowest BCUT2D eigenvalue weighted by Crippen LogP contribution is -2.31. The molecule has 0 bridgehead atoms. The Morgan fingerprint density at radius 1 is 1.44 bits per heavy atom. The van der Waals surface area contributed by atoms with Crippen molar-refractivity contribution in [3.8, 4) is 0 Å². The SMILES string of the molecule is CC(=O)N[C@H](C)Cc1cc2ccccc2o1. The molecule has 0 unspecified atom stereocenters. The summed E-state index contributed by atoms with van der Waals surface area (Å²) in [6, 6.07) is 10.0. The topological polar surface area (TPSA) is 42.2 Å². The van der Waals surface area contributed by atoms with Crippen LogP contribution in [0, 0.1) is 0 Å². The second-order valence-corrected chi connectivity index (χ2v) is 4.06. The van der Waals surface area contributed by atoms with E-state index in [9.17, 15) is 4.79 Å². The van der Waals surface area contributed by atoms with Crippen molar-refractivity contribution in [3.63, 3.8) is 0 Å². The highest BCUT2D eigenvalue weighted by molar-refractivity contribution is 5.77. The second-order valence-electron chi connectivity index (χ2n) is 4.06. The predicted molar refractivity (Wildman–Crippen MR) is 63.2 cm³/mol. The fraction of sp³-hybridized carbons (Fsp3) is 0.308. The zero-order chi connectivity index (χ0) is 11.5. The fourth-order valence-electron chi connectivity index (χ4n) is 1.84. The highest BCUT2D eigenvalue weighted by Gasteiger charge is 2.08. The van der Waals surface area contributed by atoms with Crippen LogP contribution < -0.4 is 5.32 Å². The molecular formula is C13H15NO2. The number of rotatable bonds is 3. The number of fused-ring (bicyclic) bond motifs is 1. The molecule has 1 N–H and O–H groups in total. The maximum absolute atomic E-state index is 10.9. The third kappa shape index (κ3) is 2.42. The van der Waals surface area contributed by atoms with Crippen LogP contribution >= 0.6 is 0 Å². The van der Waals surface area contributed by atoms with E-state index < -0.39 is 0 Å². The Morgan fingerprint density at radius 2 is 2.19 bits per heavy atom. The number of carbonyl (C=O) groups excluding carboxylic acids is 1. The lowest BCUT2D eigenvalue weighted by Gasteiger charge is -2.09. The van der Waals surface area contributed by atoms with Gasteiger partial charge in [0, 0.05) is 24.8 Å². The largest absolute Gasteiger partial charge is 0.461 e. The summed E-state index contributed by atoms with van der Waals surface area (Å²) in [5.74, 6) is 0.895. The summed E-state index contributed by atoms with van der Waals surface area (Å²) >= 11 is 0. The summed E-state index contributed by atoms with van der Waals surface area (Å²) in [5.41, 5.74) is 0.896. The fourth-order valence-corrected chi connectivity index (χ4v) is 1.84. The van der Waals surface area contributed by atoms with Gasteiger partial charge in [-0.05, 0) is 19.1 Å². The maximum Gasteiger partial charge on any atom is 0.217 e. The van der Waals surface area contributed by atoms with Crippen molar-refractivity contribution < 1.29 is 9.21 Å². The summed E-state index contributed by atoms with van der Waals surface area (Å²) in [6.45, 7) is 3.49. The molecule has 1 aromatic carbocycles. The molecule has 0 saturated carbocycles. The van der Waals surface area contributed by atoms with Crippen molar-refractivity contribution in [3.05, 3.63) is 36.1 Å². The minimum absolute atomic E-state index is 0.0105. The number of hydrogen-bond acceptors (Lipinski definition) is 2. The predicted octanol–water partition coefficient (Wildman–Crippen LogP) is 2.50. The zero-order valence-corrected chi connectivity index (χ0v) is 9.49. The lowest BCUT2D eigenvalue weighted by molar-refractivity contribution is -0.119. The summed E-state index contributed by atoms with van der Waals surface area (Å²) in [4.78, 5) is 10.9. The lowest BCUT2D eigenvalue weighted by atomic mass is 10.2. The molecule has 2 rings (SSSR count). The van der Waals surface area contributed by atoms with Gasteiger partial charge in [-0.15, -0.1) is 0 Å². The Bertz CT molecular complexity index is 468. The van der Waals surface area contributed by atoms with Crippen molar-refractivity contribution >= 4 is 16.9 Å². The first-order chi connectivity index (χ1) is 7.65. The second kappa shape index (κ2) is 4.39. The van der Waals surface area contributed by atoms with Gasteiger partial charge in [-0.2, -0.15) is 0 Å². The van der Waals surface area contributed by atoms with E-state index >= 15 is 0 Å². The molecule has 1 amide bonds. The van der Waals surface area contributed by atoms with Crippen LogP contribution in [-0.4, -0.2) is 11.9 Å². The summed E-state index contributed by atoms with van der Waals surface area (Å²) in [5, 5.41) is 3.94. The third-order valence-corrected chi connectivity index (χ3v) is 2.43. The van der Waals surface area contributed by atoms with Gasteiger partial charge in [-0.3, -0.25) is 4.79 Å². The van der Waals surface area contributed by atoms with Gasteiger partial charge in [0.25, 0.3) is 0 Å². The van der Waals surface area contributed by atoms with E-state index in [1.807, 2.05) is 37.3 Å². The molecule has 1 heterocycles. The molecule has 0 saturated heterocycles. The van der Waals surface area contributed by atoms with Crippen LogP contribution in [0.4, 0.5) is 0 Å². The minimum Gasteiger partial charge on any atom is -0.461 e. The molecule has 0 radical (unpaired) electrons. The van der Waals surface area contributed by atoms with E-state index in [1.54, 1.807) is 0 Å². The van der Waals surface area contributed by atoms with Crippen LogP contribution in [0.2, 0.25) is 0 Å². The van der Waals surface area contributed by atoms with Crippen molar-refractivity contribution in [2.45, 2.75) is 26.3 Å². The van der Waals surface area contributed by atoms with Crippen molar-refractivity contribution in [1.29, 1.82) is 0 Å². The molecular weight excluding hydrogens is 202 g/mol. The number of nitrogens with one attached hydrogen (secondary N) is 1. The quantitative estimate of drug-likeness (QED) is 0.858. The van der Waals surface area contributed by atoms with Gasteiger partial charge in [-0.1, -0.05) is 18.2 Å². The van der Waals surface area contributed by atoms with Crippen molar-refractivity contribution in [1.82, 2.24) is 5.32 Å². The molecule has 3 nitrogen and oxygen atoms in total. The van der Waals surface area contributed by atoms with Gasteiger partial charge in [0.1, 0.15) is 11.3 Å². The van der Waals surface area contributed by atoms with E-state index in [0.717, 1.165) is 16.7 Å². The molecule has 0 aliphatic heterocycles. The first-order valence-electron chi connectivity index (χ1n) is 5.39. The van der Waals surface area contributed by atoms with Crippen LogP contribution in [0.15, 0.2) is 34.7 Å². The number of carbonyl (C=O) groups is 1. The Kier molecular flexibility index (Phi) is 2.95. The molecule has 0 aliphatic rings. The molecule has 0 spiro atoms. The first kappa shape index (κ1) is 10.7. The average Bonchev–Trinajstić information content (AvgIpc) is 2.57. The monoisotopic (exact) mass is 217 g/mol. The molecule has 1 aromatic heterocycles. The number of furan rings is 1. The molecule has 0 fully saturated rings. The smallest absolute Gasteiger partial charge is 0.217 e. The highest BCUT2D eigenvalue weighted by Crippen LogP contribution is 2.19. The summed E-state index contributed by atoms with van der Waals surface area (Å²) in [6.07, 6.45) is 0.717. The van der Waals surface area contributed by atoms with E-state index in [2.05, 4.69) is 5.32 Å². The van der Waals surface area contributed by atoms with Crippen LogP contribution in [0.1, 0.15) is 19.6 Å². The Balaban J connectivity index is 2.12. The van der Waals surface area contributed by atoms with Crippen LogP contribution in [-0.2, 0) is 11.2 Å². The maximum atomic E-state index is 10.9.